The first kappa shape index (κ1) is 20.6. The molecule has 9 heteroatoms. The minimum absolute atomic E-state index is 0.00786. The number of hydrogen-bond acceptors (Lipinski definition) is 6. The molecule has 5 rings (SSSR count). The van der Waals surface area contributed by atoms with Crippen LogP contribution in [-0.2, 0) is 9.53 Å². The lowest BCUT2D eigenvalue weighted by molar-refractivity contribution is -0.178. The van der Waals surface area contributed by atoms with Gasteiger partial charge < -0.3 is 29.3 Å². The quantitative estimate of drug-likeness (QED) is 0.737. The molecule has 0 spiro atoms. The maximum Gasteiger partial charge on any atom is 0.321 e. The number of carbonyl (C=O) groups excluding carboxylic acids is 2. The third-order valence-electron chi connectivity index (χ3n) is 6.32. The number of carbonyl (C=O) groups is 2. The number of likely N-dealkylation sites (tertiary alicyclic amines) is 2. The molecule has 2 atom stereocenters. The number of methoxy groups -OCH3 is 1. The van der Waals surface area contributed by atoms with Gasteiger partial charge in [-0.1, -0.05) is 0 Å². The third-order valence-corrected chi connectivity index (χ3v) is 6.32. The van der Waals surface area contributed by atoms with Gasteiger partial charge in [0.2, 0.25) is 0 Å². The van der Waals surface area contributed by atoms with Crippen molar-refractivity contribution in [1.82, 2.24) is 14.8 Å². The van der Waals surface area contributed by atoms with E-state index in [-0.39, 0.29) is 24.0 Å². The summed E-state index contributed by atoms with van der Waals surface area (Å²) in [7, 11) is 1.57. The Hall–Kier alpha value is -3.33. The lowest BCUT2D eigenvalue weighted by atomic mass is 9.86. The number of aromatic nitrogens is 1. The number of ether oxygens (including phenoxy) is 3. The number of pyridine rings is 1. The molecular formula is C23H26N4O5. The van der Waals surface area contributed by atoms with Gasteiger partial charge in [0.05, 0.1) is 6.04 Å². The van der Waals surface area contributed by atoms with Crippen LogP contribution in [-0.4, -0.2) is 72.3 Å². The summed E-state index contributed by atoms with van der Waals surface area (Å²) >= 11 is 0. The lowest BCUT2D eigenvalue weighted by Crippen LogP contribution is -2.64. The van der Waals surface area contributed by atoms with Gasteiger partial charge in [-0.3, -0.25) is 9.78 Å². The molecule has 0 saturated carbocycles. The summed E-state index contributed by atoms with van der Waals surface area (Å²) in [4.78, 5) is 33.3. The van der Waals surface area contributed by atoms with E-state index in [0.717, 1.165) is 18.4 Å². The van der Waals surface area contributed by atoms with Gasteiger partial charge in [-0.25, -0.2) is 4.79 Å². The van der Waals surface area contributed by atoms with Crippen molar-refractivity contribution in [3.63, 3.8) is 0 Å². The highest BCUT2D eigenvalue weighted by atomic mass is 16.6. The van der Waals surface area contributed by atoms with Crippen LogP contribution in [0.25, 0.3) is 0 Å². The molecular weight excluding hydrogens is 412 g/mol. The summed E-state index contributed by atoms with van der Waals surface area (Å²) in [6, 6.07) is 9.04. The number of piperidine rings is 1. The van der Waals surface area contributed by atoms with E-state index in [1.165, 1.54) is 0 Å². The predicted molar refractivity (Wildman–Crippen MR) is 116 cm³/mol. The van der Waals surface area contributed by atoms with Gasteiger partial charge in [0.25, 0.3) is 5.91 Å². The van der Waals surface area contributed by atoms with Crippen LogP contribution in [0.3, 0.4) is 0 Å². The number of nitrogens with zero attached hydrogens (tertiary/aromatic N) is 3. The van der Waals surface area contributed by atoms with Crippen molar-refractivity contribution < 1.29 is 23.8 Å². The number of rotatable bonds is 4. The summed E-state index contributed by atoms with van der Waals surface area (Å²) in [5, 5.41) is 2.94. The molecule has 2 aromatic rings. The molecule has 32 heavy (non-hydrogen) atoms. The second kappa shape index (κ2) is 8.66. The molecule has 1 N–H and O–H groups in total. The molecule has 4 heterocycles. The van der Waals surface area contributed by atoms with Gasteiger partial charge >= 0.3 is 6.03 Å². The Labute approximate surface area is 186 Å². The molecule has 0 aliphatic carbocycles. The van der Waals surface area contributed by atoms with Crippen LogP contribution in [0.15, 0.2) is 42.7 Å². The van der Waals surface area contributed by atoms with Crippen LogP contribution in [0, 0.1) is 0 Å². The van der Waals surface area contributed by atoms with Gasteiger partial charge in [0.15, 0.2) is 17.6 Å². The van der Waals surface area contributed by atoms with E-state index in [1.807, 2.05) is 17.0 Å². The molecule has 2 fully saturated rings. The molecule has 2 saturated heterocycles. The Bertz CT molecular complexity index is 993. The highest BCUT2D eigenvalue weighted by Crippen LogP contribution is 2.40. The van der Waals surface area contributed by atoms with Gasteiger partial charge in [-0.15, -0.1) is 0 Å². The largest absolute Gasteiger partial charge is 0.486 e. The molecule has 9 nitrogen and oxygen atoms in total. The number of β-lactam (4-membered cyclic amide) rings is 1. The topological polar surface area (TPSA) is 93.2 Å². The van der Waals surface area contributed by atoms with Crippen molar-refractivity contribution in [3.8, 4) is 11.5 Å². The Morgan fingerprint density at radius 3 is 2.53 bits per heavy atom. The number of urea groups is 1. The van der Waals surface area contributed by atoms with E-state index in [2.05, 4.69) is 10.3 Å². The van der Waals surface area contributed by atoms with Crippen molar-refractivity contribution in [2.24, 2.45) is 0 Å². The molecule has 3 amide bonds. The fraction of sp³-hybridized carbons (Fsp3) is 0.435. The number of amides is 3. The first-order valence-electron chi connectivity index (χ1n) is 10.9. The fourth-order valence-electron chi connectivity index (χ4n) is 4.69. The highest BCUT2D eigenvalue weighted by Gasteiger charge is 2.51. The zero-order valence-electron chi connectivity index (χ0n) is 17.9. The second-order valence-corrected chi connectivity index (χ2v) is 8.13. The number of nitrogens with one attached hydrogen (secondary N) is 1. The second-order valence-electron chi connectivity index (χ2n) is 8.13. The van der Waals surface area contributed by atoms with E-state index in [9.17, 15) is 9.59 Å². The van der Waals surface area contributed by atoms with E-state index in [1.54, 1.807) is 42.6 Å². The average molecular weight is 438 g/mol. The summed E-state index contributed by atoms with van der Waals surface area (Å²) in [5.74, 6) is 1.33. The van der Waals surface area contributed by atoms with Crippen LogP contribution < -0.4 is 14.8 Å². The number of anilines is 1. The maximum absolute atomic E-state index is 12.8. The van der Waals surface area contributed by atoms with Crippen LogP contribution in [0.4, 0.5) is 10.5 Å². The molecule has 3 aliphatic heterocycles. The fourth-order valence-corrected chi connectivity index (χ4v) is 4.69. The average Bonchev–Trinajstić information content (AvgIpc) is 2.83. The summed E-state index contributed by atoms with van der Waals surface area (Å²) in [6.07, 6.45) is 4.44. The van der Waals surface area contributed by atoms with Crippen molar-refractivity contribution >= 4 is 17.6 Å². The Balaban J connectivity index is 1.20. The molecule has 0 radical (unpaired) electrons. The molecule has 3 aliphatic rings. The number of hydrogen-bond donors (Lipinski definition) is 1. The normalized spacial score (nSPS) is 23.0. The minimum atomic E-state index is -0.464. The van der Waals surface area contributed by atoms with Gasteiger partial charge in [-0.2, -0.15) is 0 Å². The SMILES string of the molecule is CO[C@H]1C(=O)N(C2CCN(C(=O)Nc3ccc4c(c3)OCCO4)CC2)[C@H]1c1ccncc1. The van der Waals surface area contributed by atoms with Crippen molar-refractivity contribution in [3.05, 3.63) is 48.3 Å². The van der Waals surface area contributed by atoms with Crippen LogP contribution in [0.1, 0.15) is 24.4 Å². The van der Waals surface area contributed by atoms with Crippen molar-refractivity contribution in [2.45, 2.75) is 31.0 Å². The van der Waals surface area contributed by atoms with Crippen LogP contribution in [0.5, 0.6) is 11.5 Å². The Kier molecular flexibility index (Phi) is 5.57. The zero-order valence-corrected chi connectivity index (χ0v) is 17.9. The first-order chi connectivity index (χ1) is 15.7. The van der Waals surface area contributed by atoms with E-state index in [0.29, 0.717) is 43.5 Å². The van der Waals surface area contributed by atoms with Crippen molar-refractivity contribution in [1.29, 1.82) is 0 Å². The first-order valence-corrected chi connectivity index (χ1v) is 10.9. The summed E-state index contributed by atoms with van der Waals surface area (Å²) < 4.78 is 16.6. The van der Waals surface area contributed by atoms with Gasteiger partial charge in [0.1, 0.15) is 13.2 Å². The molecule has 0 unspecified atom stereocenters. The van der Waals surface area contributed by atoms with Crippen LogP contribution >= 0.6 is 0 Å². The third kappa shape index (κ3) is 3.73. The predicted octanol–water partition coefficient (Wildman–Crippen LogP) is 2.45. The summed E-state index contributed by atoms with van der Waals surface area (Å²) in [5.41, 5.74) is 1.69. The van der Waals surface area contributed by atoms with Gasteiger partial charge in [-0.05, 0) is 42.7 Å². The molecule has 0 bridgehead atoms. The molecule has 1 aromatic heterocycles. The van der Waals surface area contributed by atoms with Crippen molar-refractivity contribution in [2.75, 3.05) is 38.7 Å². The van der Waals surface area contributed by atoms with Crippen LogP contribution in [0.2, 0.25) is 0 Å². The van der Waals surface area contributed by atoms with Gasteiger partial charge in [0, 0.05) is 50.4 Å². The minimum Gasteiger partial charge on any atom is -0.486 e. The monoisotopic (exact) mass is 438 g/mol. The van der Waals surface area contributed by atoms with E-state index < -0.39 is 6.10 Å². The highest BCUT2D eigenvalue weighted by molar-refractivity contribution is 5.90. The molecule has 1 aromatic carbocycles. The number of benzene rings is 1. The summed E-state index contributed by atoms with van der Waals surface area (Å²) in [6.45, 7) is 2.18. The zero-order chi connectivity index (χ0) is 22.1. The smallest absolute Gasteiger partial charge is 0.321 e. The Morgan fingerprint density at radius 2 is 1.81 bits per heavy atom. The maximum atomic E-state index is 12.8. The standard InChI is InChI=1S/C23H26N4O5/c1-30-21-20(15-4-8-24-9-5-15)27(22(21)28)17-6-10-26(11-7-17)23(29)25-16-2-3-18-19(14-16)32-13-12-31-18/h2-5,8-9,14,17,20-21H,6-7,10-13H2,1H3,(H,25,29)/t20-,21+/m0/s1. The van der Waals surface area contributed by atoms with E-state index >= 15 is 0 Å². The number of fused-ring (bicyclic) bond motifs is 1. The lowest BCUT2D eigenvalue weighted by Gasteiger charge is -2.52. The Morgan fingerprint density at radius 1 is 1.09 bits per heavy atom. The molecule has 168 valence electrons. The van der Waals surface area contributed by atoms with E-state index in [4.69, 9.17) is 14.2 Å².